The van der Waals surface area contributed by atoms with Gasteiger partial charge in [-0.3, -0.25) is 0 Å². The van der Waals surface area contributed by atoms with Crippen molar-refractivity contribution in [3.63, 3.8) is 0 Å². The van der Waals surface area contributed by atoms with E-state index in [1.165, 1.54) is 93.8 Å². The molecule has 0 saturated heterocycles. The van der Waals surface area contributed by atoms with Gasteiger partial charge in [-0.2, -0.15) is 0 Å². The van der Waals surface area contributed by atoms with Crippen molar-refractivity contribution in [2.75, 3.05) is 0 Å². The monoisotopic (exact) mass is 414 g/mol. The Kier molecular flexibility index (Phi) is 18.1. The maximum atomic E-state index is 4.49. The van der Waals surface area contributed by atoms with Gasteiger partial charge >= 0.3 is 0 Å². The first-order chi connectivity index (χ1) is 14.2. The fourth-order valence-electron chi connectivity index (χ4n) is 3.97. The first-order valence-corrected chi connectivity index (χ1v) is 12.9. The molecule has 0 N–H and O–H groups in total. The number of unbranched alkanes of at least 4 members (excludes halogenated alkanes) is 4. The number of rotatable bonds is 20. The Hall–Kier alpha value is -1.04. The molecule has 0 rings (SSSR count). The highest BCUT2D eigenvalue weighted by Crippen LogP contribution is 2.29. The molecule has 174 valence electrons. The molecule has 0 aromatic rings. The lowest BCUT2D eigenvalue weighted by atomic mass is 9.85. The smallest absolute Gasteiger partial charge is 0.0134 e. The minimum atomic E-state index is 0.579. The topological polar surface area (TPSA) is 0 Å². The maximum absolute atomic E-state index is 4.49. The van der Waals surface area contributed by atoms with E-state index < -0.39 is 0 Å². The van der Waals surface area contributed by atoms with Gasteiger partial charge in [0.15, 0.2) is 0 Å². The number of hydrogen-bond donors (Lipinski definition) is 0. The zero-order valence-electron chi connectivity index (χ0n) is 21.4. The third-order valence-corrected chi connectivity index (χ3v) is 6.02. The van der Waals surface area contributed by atoms with E-state index in [2.05, 4.69) is 66.5 Å². The van der Waals surface area contributed by atoms with Crippen LogP contribution in [0.4, 0.5) is 0 Å². The summed E-state index contributed by atoms with van der Waals surface area (Å²) in [5.41, 5.74) is 4.20. The van der Waals surface area contributed by atoms with Crippen LogP contribution < -0.4 is 0 Å². The van der Waals surface area contributed by atoms with E-state index in [9.17, 15) is 0 Å². The van der Waals surface area contributed by atoms with Gasteiger partial charge in [-0.05, 0) is 88.9 Å². The molecular formula is C30H54. The third kappa shape index (κ3) is 19.0. The van der Waals surface area contributed by atoms with Gasteiger partial charge < -0.3 is 0 Å². The van der Waals surface area contributed by atoms with Crippen molar-refractivity contribution in [1.82, 2.24) is 0 Å². The van der Waals surface area contributed by atoms with Crippen molar-refractivity contribution < 1.29 is 0 Å². The molecule has 0 amide bonds. The van der Waals surface area contributed by atoms with Crippen LogP contribution in [0.15, 0.2) is 48.6 Å². The van der Waals surface area contributed by atoms with Gasteiger partial charge in [-0.1, -0.05) is 95.4 Å². The fraction of sp³-hybridized carbons (Fsp3) is 0.733. The molecule has 1 atom stereocenters. The van der Waals surface area contributed by atoms with Crippen LogP contribution in [-0.4, -0.2) is 0 Å². The van der Waals surface area contributed by atoms with Crippen molar-refractivity contribution in [1.29, 1.82) is 0 Å². The van der Waals surface area contributed by atoms with Gasteiger partial charge in [0.2, 0.25) is 0 Å². The van der Waals surface area contributed by atoms with E-state index in [0.29, 0.717) is 5.92 Å². The van der Waals surface area contributed by atoms with Crippen molar-refractivity contribution >= 4 is 0 Å². The van der Waals surface area contributed by atoms with Crippen LogP contribution in [-0.2, 0) is 0 Å². The van der Waals surface area contributed by atoms with E-state index >= 15 is 0 Å². The summed E-state index contributed by atoms with van der Waals surface area (Å²) in [7, 11) is 0. The van der Waals surface area contributed by atoms with Crippen LogP contribution in [0.25, 0.3) is 0 Å². The average Bonchev–Trinajstić information content (AvgIpc) is 2.64. The molecule has 0 heterocycles. The van der Waals surface area contributed by atoms with E-state index in [4.69, 9.17) is 0 Å². The molecule has 0 bridgehead atoms. The highest BCUT2D eigenvalue weighted by Gasteiger charge is 2.13. The van der Waals surface area contributed by atoms with Crippen molar-refractivity contribution in [2.24, 2.45) is 17.8 Å². The number of allylic oxidation sites excluding steroid dienone is 5. The second kappa shape index (κ2) is 18.7. The van der Waals surface area contributed by atoms with Gasteiger partial charge in [0.1, 0.15) is 0 Å². The predicted molar refractivity (Wildman–Crippen MR) is 140 cm³/mol. The summed E-state index contributed by atoms with van der Waals surface area (Å²) in [6, 6.07) is 0. The molecule has 0 heteroatoms. The Morgan fingerprint density at radius 3 is 1.90 bits per heavy atom. The molecular weight excluding hydrogens is 360 g/mol. The molecule has 0 radical (unpaired) electrons. The van der Waals surface area contributed by atoms with E-state index in [1.807, 2.05) is 0 Å². The second-order valence-corrected chi connectivity index (χ2v) is 10.5. The van der Waals surface area contributed by atoms with Crippen LogP contribution in [0, 0.1) is 17.8 Å². The predicted octanol–water partition coefficient (Wildman–Crippen LogP) is 10.6. The van der Waals surface area contributed by atoms with Crippen LogP contribution in [0.3, 0.4) is 0 Å². The summed E-state index contributed by atoms with van der Waals surface area (Å²) in [6.45, 7) is 24.3. The Morgan fingerprint density at radius 2 is 1.30 bits per heavy atom. The standard InChI is InChI=1S/C30H54/c1-25(2)18-14-12-10-9-11-13-15-23-30(29(8)22-17-20-27(5)6)24-28(7)21-16-19-26(3)4/h13,15,26-27,30H,1,7-12,14,16-24H2,2-6H3. The van der Waals surface area contributed by atoms with Crippen molar-refractivity contribution in [3.05, 3.63) is 48.6 Å². The minimum Gasteiger partial charge on any atom is -0.100 e. The van der Waals surface area contributed by atoms with Gasteiger partial charge in [-0.25, -0.2) is 0 Å². The zero-order chi connectivity index (χ0) is 22.8. The molecule has 1 unspecified atom stereocenters. The van der Waals surface area contributed by atoms with E-state index in [0.717, 1.165) is 24.7 Å². The third-order valence-electron chi connectivity index (χ3n) is 6.02. The lowest BCUT2D eigenvalue weighted by Gasteiger charge is -2.20. The van der Waals surface area contributed by atoms with Gasteiger partial charge in [0.05, 0.1) is 0 Å². The highest BCUT2D eigenvalue weighted by atomic mass is 14.2. The summed E-state index contributed by atoms with van der Waals surface area (Å²) < 4.78 is 0. The van der Waals surface area contributed by atoms with Crippen LogP contribution in [0.1, 0.15) is 125 Å². The van der Waals surface area contributed by atoms with Gasteiger partial charge in [0.25, 0.3) is 0 Å². The normalized spacial score (nSPS) is 12.8. The molecule has 0 aromatic carbocycles. The lowest BCUT2D eigenvalue weighted by Crippen LogP contribution is -2.05. The van der Waals surface area contributed by atoms with E-state index in [-0.39, 0.29) is 0 Å². The average molecular weight is 415 g/mol. The summed E-state index contributed by atoms with van der Waals surface area (Å²) in [6.07, 6.45) is 22.4. The first-order valence-electron chi connectivity index (χ1n) is 12.9. The first kappa shape index (κ1) is 29.0. The Balaban J connectivity index is 4.37. The maximum Gasteiger partial charge on any atom is -0.0134 e. The van der Waals surface area contributed by atoms with Crippen molar-refractivity contribution in [2.45, 2.75) is 125 Å². The second-order valence-electron chi connectivity index (χ2n) is 10.5. The molecule has 0 saturated carbocycles. The molecule has 0 aliphatic carbocycles. The van der Waals surface area contributed by atoms with Gasteiger partial charge in [-0.15, -0.1) is 6.58 Å². The van der Waals surface area contributed by atoms with Crippen molar-refractivity contribution in [3.8, 4) is 0 Å². The van der Waals surface area contributed by atoms with Crippen LogP contribution >= 0.6 is 0 Å². The molecule has 0 aliphatic heterocycles. The van der Waals surface area contributed by atoms with Crippen LogP contribution in [0.2, 0.25) is 0 Å². The SMILES string of the molecule is C=C(C)CCCCCCC=CCC(CC(=C)CCCC(C)C)C(=C)CCCC(C)C. The highest BCUT2D eigenvalue weighted by molar-refractivity contribution is 5.09. The molecule has 0 spiro atoms. The summed E-state index contributed by atoms with van der Waals surface area (Å²) in [5.74, 6) is 2.16. The summed E-state index contributed by atoms with van der Waals surface area (Å²) >= 11 is 0. The zero-order valence-corrected chi connectivity index (χ0v) is 21.4. The molecule has 0 aromatic heterocycles. The van der Waals surface area contributed by atoms with Gasteiger partial charge in [0, 0.05) is 0 Å². The Bertz CT molecular complexity index is 488. The lowest BCUT2D eigenvalue weighted by molar-refractivity contribution is 0.511. The minimum absolute atomic E-state index is 0.579. The molecule has 0 aliphatic rings. The Labute approximate surface area is 191 Å². The Morgan fingerprint density at radius 1 is 0.700 bits per heavy atom. The summed E-state index contributed by atoms with van der Waals surface area (Å²) in [5, 5.41) is 0. The molecule has 0 nitrogen and oxygen atoms in total. The van der Waals surface area contributed by atoms with Crippen LogP contribution in [0.5, 0.6) is 0 Å². The summed E-state index contributed by atoms with van der Waals surface area (Å²) in [4.78, 5) is 0. The fourth-order valence-corrected chi connectivity index (χ4v) is 3.97. The molecule has 0 fully saturated rings. The largest absolute Gasteiger partial charge is 0.100 e. The molecule has 30 heavy (non-hydrogen) atoms. The van der Waals surface area contributed by atoms with E-state index in [1.54, 1.807) is 0 Å². The number of hydrogen-bond acceptors (Lipinski definition) is 0. The quantitative estimate of drug-likeness (QED) is 0.137.